The van der Waals surface area contributed by atoms with Crippen molar-refractivity contribution >= 4 is 16.9 Å². The summed E-state index contributed by atoms with van der Waals surface area (Å²) in [7, 11) is 0. The number of hydrogen-bond acceptors (Lipinski definition) is 3. The van der Waals surface area contributed by atoms with E-state index in [0.29, 0.717) is 5.56 Å². The van der Waals surface area contributed by atoms with Gasteiger partial charge in [-0.3, -0.25) is 0 Å². The topological polar surface area (TPSA) is 57.5 Å². The van der Waals surface area contributed by atoms with E-state index in [2.05, 4.69) is 27.9 Å². The van der Waals surface area contributed by atoms with Crippen LogP contribution in [-0.2, 0) is 13.0 Å². The molecule has 1 aromatic carbocycles. The molecule has 5 heteroatoms. The molecule has 0 saturated carbocycles. The second-order valence-electron chi connectivity index (χ2n) is 5.82. The van der Waals surface area contributed by atoms with Gasteiger partial charge in [-0.2, -0.15) is 0 Å². The van der Waals surface area contributed by atoms with E-state index in [1.165, 1.54) is 5.56 Å². The quantitative estimate of drug-likeness (QED) is 0.884. The van der Waals surface area contributed by atoms with E-state index in [4.69, 9.17) is 0 Å². The van der Waals surface area contributed by atoms with Gasteiger partial charge in [-0.15, -0.1) is 0 Å². The summed E-state index contributed by atoms with van der Waals surface area (Å²) in [5.41, 5.74) is 2.74. The van der Waals surface area contributed by atoms with Gasteiger partial charge < -0.3 is 19.9 Å². The molecule has 2 aromatic rings. The van der Waals surface area contributed by atoms with Crippen LogP contribution in [0.2, 0.25) is 0 Å². The summed E-state index contributed by atoms with van der Waals surface area (Å²) in [6.07, 6.45) is 3.14. The highest BCUT2D eigenvalue weighted by Gasteiger charge is 2.14. The summed E-state index contributed by atoms with van der Waals surface area (Å²) in [6.45, 7) is 8.34. The molecule has 2 heterocycles. The lowest BCUT2D eigenvalue weighted by molar-refractivity contribution is 0.0697. The zero-order valence-electron chi connectivity index (χ0n) is 13.0. The number of carboxylic acids is 1. The maximum absolute atomic E-state index is 11.2. The van der Waals surface area contributed by atoms with Gasteiger partial charge in [0.1, 0.15) is 0 Å². The van der Waals surface area contributed by atoms with E-state index in [1.807, 2.05) is 12.1 Å². The highest BCUT2D eigenvalue weighted by Crippen LogP contribution is 2.24. The Kier molecular flexibility index (Phi) is 4.45. The molecule has 1 aromatic heterocycles. The largest absolute Gasteiger partial charge is 0.478 e. The molecule has 22 heavy (non-hydrogen) atoms. The van der Waals surface area contributed by atoms with Crippen LogP contribution in [0.4, 0.5) is 0 Å². The minimum Gasteiger partial charge on any atom is -0.478 e. The number of hydrogen-bond donors (Lipinski definition) is 2. The summed E-state index contributed by atoms with van der Waals surface area (Å²) >= 11 is 0. The third kappa shape index (κ3) is 3.00. The summed E-state index contributed by atoms with van der Waals surface area (Å²) in [4.78, 5) is 13.7. The smallest absolute Gasteiger partial charge is 0.335 e. The van der Waals surface area contributed by atoms with Gasteiger partial charge in [-0.1, -0.05) is 0 Å². The highest BCUT2D eigenvalue weighted by molar-refractivity contribution is 5.95. The zero-order chi connectivity index (χ0) is 15.5. The van der Waals surface area contributed by atoms with Gasteiger partial charge in [0, 0.05) is 56.4 Å². The number of nitrogens with zero attached hydrogens (tertiary/aromatic N) is 2. The first-order valence-corrected chi connectivity index (χ1v) is 7.97. The minimum absolute atomic E-state index is 0.366. The molecule has 3 rings (SSSR count). The number of benzene rings is 1. The Labute approximate surface area is 130 Å². The molecule has 1 aliphatic heterocycles. The van der Waals surface area contributed by atoms with Crippen LogP contribution in [0.15, 0.2) is 24.4 Å². The second-order valence-corrected chi connectivity index (χ2v) is 5.82. The number of nitrogens with one attached hydrogen (secondary N) is 1. The summed E-state index contributed by atoms with van der Waals surface area (Å²) in [5.74, 6) is -0.862. The molecular weight excluding hydrogens is 278 g/mol. The number of aromatic nitrogens is 1. The van der Waals surface area contributed by atoms with E-state index in [-0.39, 0.29) is 0 Å². The third-order valence-corrected chi connectivity index (χ3v) is 4.46. The van der Waals surface area contributed by atoms with Crippen LogP contribution in [0.25, 0.3) is 10.9 Å². The zero-order valence-corrected chi connectivity index (χ0v) is 13.0. The fourth-order valence-corrected chi connectivity index (χ4v) is 3.18. The number of aromatic carboxylic acids is 1. The van der Waals surface area contributed by atoms with Gasteiger partial charge in [-0.25, -0.2) is 4.79 Å². The van der Waals surface area contributed by atoms with Gasteiger partial charge in [0.2, 0.25) is 0 Å². The van der Waals surface area contributed by atoms with E-state index < -0.39 is 5.97 Å². The third-order valence-electron chi connectivity index (χ3n) is 4.46. The first kappa shape index (κ1) is 15.1. The molecule has 0 unspecified atom stereocenters. The van der Waals surface area contributed by atoms with Crippen molar-refractivity contribution in [2.24, 2.45) is 0 Å². The van der Waals surface area contributed by atoms with Crippen LogP contribution in [0.3, 0.4) is 0 Å². The molecule has 0 aliphatic carbocycles. The number of fused-ring (bicyclic) bond motifs is 1. The SMILES string of the molecule is CCn1cc(CCN2CCNCC2)c2cc(C(=O)O)ccc21. The molecule has 1 saturated heterocycles. The fraction of sp³-hybridized carbons (Fsp3) is 0.471. The van der Waals surface area contributed by atoms with Crippen molar-refractivity contribution < 1.29 is 9.90 Å². The fourth-order valence-electron chi connectivity index (χ4n) is 3.18. The Hall–Kier alpha value is -1.85. The van der Waals surface area contributed by atoms with Gasteiger partial charge in [0.25, 0.3) is 0 Å². The number of piperazine rings is 1. The Bertz CT molecular complexity index is 672. The molecule has 0 amide bonds. The highest BCUT2D eigenvalue weighted by atomic mass is 16.4. The normalized spacial score (nSPS) is 16.2. The molecule has 0 bridgehead atoms. The maximum Gasteiger partial charge on any atom is 0.335 e. The molecule has 1 fully saturated rings. The van der Waals surface area contributed by atoms with Gasteiger partial charge in [-0.05, 0) is 37.1 Å². The molecule has 0 radical (unpaired) electrons. The van der Waals surface area contributed by atoms with Crippen molar-refractivity contribution in [1.82, 2.24) is 14.8 Å². The molecule has 0 atom stereocenters. The average Bonchev–Trinajstić information content (AvgIpc) is 2.91. The van der Waals surface area contributed by atoms with Crippen LogP contribution >= 0.6 is 0 Å². The van der Waals surface area contributed by atoms with E-state index in [1.54, 1.807) is 6.07 Å². The van der Waals surface area contributed by atoms with Crippen molar-refractivity contribution in [2.45, 2.75) is 19.9 Å². The van der Waals surface area contributed by atoms with Crippen molar-refractivity contribution in [3.05, 3.63) is 35.5 Å². The molecule has 118 valence electrons. The van der Waals surface area contributed by atoms with Gasteiger partial charge >= 0.3 is 5.97 Å². The molecule has 0 spiro atoms. The Morgan fingerprint density at radius 3 is 2.77 bits per heavy atom. The van der Waals surface area contributed by atoms with Gasteiger partial charge in [0.05, 0.1) is 5.56 Å². The van der Waals surface area contributed by atoms with Crippen LogP contribution < -0.4 is 5.32 Å². The molecule has 2 N–H and O–H groups in total. The minimum atomic E-state index is -0.862. The summed E-state index contributed by atoms with van der Waals surface area (Å²) < 4.78 is 2.20. The Morgan fingerprint density at radius 2 is 2.09 bits per heavy atom. The van der Waals surface area contributed by atoms with Crippen molar-refractivity contribution in [1.29, 1.82) is 0 Å². The number of rotatable bonds is 5. The standard InChI is InChI=1S/C17H23N3O2/c1-2-20-12-14(5-8-19-9-6-18-7-10-19)15-11-13(17(21)22)3-4-16(15)20/h3-4,11-12,18H,2,5-10H2,1H3,(H,21,22). The van der Waals surface area contributed by atoms with Gasteiger partial charge in [0.15, 0.2) is 0 Å². The predicted octanol–water partition coefficient (Wildman–Crippen LogP) is 1.81. The first-order valence-electron chi connectivity index (χ1n) is 7.97. The van der Waals surface area contributed by atoms with E-state index >= 15 is 0 Å². The van der Waals surface area contributed by atoms with Crippen LogP contribution in [0.5, 0.6) is 0 Å². The summed E-state index contributed by atoms with van der Waals surface area (Å²) in [6, 6.07) is 5.43. The van der Waals surface area contributed by atoms with Crippen LogP contribution in [0, 0.1) is 0 Å². The second kappa shape index (κ2) is 6.50. The van der Waals surface area contributed by atoms with Crippen LogP contribution in [-0.4, -0.2) is 53.3 Å². The van der Waals surface area contributed by atoms with E-state index in [9.17, 15) is 9.90 Å². The molecule has 5 nitrogen and oxygen atoms in total. The summed E-state index contributed by atoms with van der Waals surface area (Å²) in [5, 5.41) is 13.7. The maximum atomic E-state index is 11.2. The van der Waals surface area contributed by atoms with Crippen molar-refractivity contribution in [2.75, 3.05) is 32.7 Å². The first-order chi connectivity index (χ1) is 10.7. The number of carbonyl (C=O) groups is 1. The Balaban J connectivity index is 1.86. The lowest BCUT2D eigenvalue weighted by Crippen LogP contribution is -2.44. The van der Waals surface area contributed by atoms with Crippen LogP contribution in [0.1, 0.15) is 22.8 Å². The van der Waals surface area contributed by atoms with E-state index in [0.717, 1.165) is 56.6 Å². The average molecular weight is 301 g/mol. The van der Waals surface area contributed by atoms with Crippen molar-refractivity contribution in [3.63, 3.8) is 0 Å². The predicted molar refractivity (Wildman–Crippen MR) is 87.6 cm³/mol. The molecule has 1 aliphatic rings. The lowest BCUT2D eigenvalue weighted by atomic mass is 10.1. The Morgan fingerprint density at radius 1 is 1.32 bits per heavy atom. The molecular formula is C17H23N3O2. The number of aryl methyl sites for hydroxylation is 1. The number of carboxylic acid groups (broad SMARTS) is 1. The lowest BCUT2D eigenvalue weighted by Gasteiger charge is -2.26. The monoisotopic (exact) mass is 301 g/mol. The van der Waals surface area contributed by atoms with Crippen molar-refractivity contribution in [3.8, 4) is 0 Å².